The van der Waals surface area contributed by atoms with Crippen LogP contribution in [-0.2, 0) is 9.47 Å². The van der Waals surface area contributed by atoms with E-state index in [2.05, 4.69) is 24.7 Å². The van der Waals surface area contributed by atoms with Crippen molar-refractivity contribution in [1.29, 1.82) is 0 Å². The van der Waals surface area contributed by atoms with E-state index in [-0.39, 0.29) is 28.0 Å². The average Bonchev–Trinajstić information content (AvgIpc) is 2.82. The molecule has 0 atom stereocenters. The highest BCUT2D eigenvalue weighted by atomic mass is 35.5. The molecule has 2 aromatic rings. The number of carbonyl (C=O) groups is 2. The van der Waals surface area contributed by atoms with Crippen molar-refractivity contribution in [3.63, 3.8) is 0 Å². The Hall–Kier alpha value is -2.46. The summed E-state index contributed by atoms with van der Waals surface area (Å²) in [6.45, 7) is 1.79. The van der Waals surface area contributed by atoms with Crippen molar-refractivity contribution in [3.8, 4) is 0 Å². The van der Waals surface area contributed by atoms with E-state index in [9.17, 15) is 31.5 Å². The number of aromatic nitrogens is 4. The van der Waals surface area contributed by atoms with Crippen molar-refractivity contribution in [2.75, 3.05) is 37.6 Å². The molecule has 0 saturated carbocycles. The Balaban J connectivity index is 0.000000397. The molecule has 0 aliphatic carbocycles. The molecule has 0 aliphatic heterocycles. The van der Waals surface area contributed by atoms with Crippen molar-refractivity contribution < 1.29 is 41.0 Å². The first-order valence-electron chi connectivity index (χ1n) is 9.81. The fourth-order valence-electron chi connectivity index (χ4n) is 2.04. The molecule has 9 nitrogen and oxygen atoms in total. The summed E-state index contributed by atoms with van der Waals surface area (Å²) < 4.78 is 71.7. The summed E-state index contributed by atoms with van der Waals surface area (Å²) in [4.78, 5) is 38.2. The van der Waals surface area contributed by atoms with Crippen LogP contribution in [0.5, 0.6) is 0 Å². The van der Waals surface area contributed by atoms with Gasteiger partial charge in [0.25, 0.3) is 0 Å². The van der Waals surface area contributed by atoms with E-state index in [0.29, 0.717) is 11.8 Å². The maximum absolute atomic E-state index is 12.9. The third-order valence-corrected chi connectivity index (χ3v) is 5.15. The van der Waals surface area contributed by atoms with Gasteiger partial charge in [0.05, 0.1) is 19.8 Å². The maximum Gasteiger partial charge on any atom is 0.455 e. The van der Waals surface area contributed by atoms with Crippen LogP contribution in [0, 0.1) is 0 Å². The Kier molecular flexibility index (Phi) is 12.6. The molecule has 0 spiro atoms. The van der Waals surface area contributed by atoms with Crippen LogP contribution in [0.25, 0.3) is 0 Å². The van der Waals surface area contributed by atoms with Crippen LogP contribution in [0.4, 0.5) is 27.8 Å². The summed E-state index contributed by atoms with van der Waals surface area (Å²) >= 11 is 8.16. The first kappa shape index (κ1) is 31.6. The fraction of sp³-hybridized carbons (Fsp3) is 0.474. The minimum Gasteiger partial charge on any atom is -0.462 e. The zero-order chi connectivity index (χ0) is 27.5. The highest BCUT2D eigenvalue weighted by molar-refractivity contribution is 7.98. The number of ether oxygens (including phenoxy) is 2. The molecule has 0 aliphatic rings. The quantitative estimate of drug-likeness (QED) is 0.142. The normalized spacial score (nSPS) is 11.3. The number of hydrogen-bond acceptors (Lipinski definition) is 11. The average molecular weight is 578 g/mol. The molecular formula is C19H21ClF5N5O4S2. The first-order valence-corrected chi connectivity index (χ1v) is 12.6. The number of esters is 2. The summed E-state index contributed by atoms with van der Waals surface area (Å²) in [5.41, 5.74) is -0.121. The molecule has 200 valence electrons. The molecule has 0 aromatic carbocycles. The van der Waals surface area contributed by atoms with E-state index in [0.717, 1.165) is 18.0 Å². The lowest BCUT2D eigenvalue weighted by atomic mass is 10.3. The van der Waals surface area contributed by atoms with Gasteiger partial charge in [0.2, 0.25) is 0 Å². The largest absolute Gasteiger partial charge is 0.462 e. The highest BCUT2D eigenvalue weighted by Crippen LogP contribution is 2.35. The molecular weight excluding hydrogens is 557 g/mol. The number of rotatable bonds is 9. The van der Waals surface area contributed by atoms with Crippen LogP contribution < -0.4 is 5.32 Å². The van der Waals surface area contributed by atoms with E-state index in [1.54, 1.807) is 13.2 Å². The lowest BCUT2D eigenvalue weighted by Crippen LogP contribution is -2.42. The van der Waals surface area contributed by atoms with Crippen molar-refractivity contribution in [3.05, 3.63) is 28.7 Å². The SMILES string of the molecule is CCOC(=O)c1cnc(SC)nc1Cl.CCOC(=O)c1cnc(SC)nc1NCC(F)(F)C(F)(F)F. The second-order valence-electron chi connectivity index (χ2n) is 6.18. The third-order valence-electron chi connectivity index (χ3n) is 3.74. The zero-order valence-corrected chi connectivity index (χ0v) is 21.7. The van der Waals surface area contributed by atoms with Crippen molar-refractivity contribution in [2.45, 2.75) is 36.3 Å². The molecule has 2 heterocycles. The van der Waals surface area contributed by atoms with Gasteiger partial charge in [-0.15, -0.1) is 0 Å². The number of alkyl halides is 5. The molecule has 0 fully saturated rings. The molecule has 0 amide bonds. The van der Waals surface area contributed by atoms with Gasteiger partial charge < -0.3 is 14.8 Å². The molecule has 2 rings (SSSR count). The van der Waals surface area contributed by atoms with Gasteiger partial charge in [-0.2, -0.15) is 22.0 Å². The Bertz CT molecular complexity index is 1050. The van der Waals surface area contributed by atoms with E-state index in [1.165, 1.54) is 24.9 Å². The van der Waals surface area contributed by atoms with E-state index in [4.69, 9.17) is 16.3 Å². The number of carbonyl (C=O) groups excluding carboxylic acids is 2. The summed E-state index contributed by atoms with van der Waals surface area (Å²) in [6, 6.07) is 0. The van der Waals surface area contributed by atoms with Crippen LogP contribution in [0.2, 0.25) is 5.15 Å². The van der Waals surface area contributed by atoms with Crippen LogP contribution in [0.3, 0.4) is 0 Å². The number of nitrogens with zero attached hydrogens (tertiary/aromatic N) is 4. The molecule has 1 N–H and O–H groups in total. The van der Waals surface area contributed by atoms with Crippen LogP contribution >= 0.6 is 35.1 Å². The highest BCUT2D eigenvalue weighted by Gasteiger charge is 2.57. The zero-order valence-electron chi connectivity index (χ0n) is 19.3. The summed E-state index contributed by atoms with van der Waals surface area (Å²) in [6.07, 6.45) is 0.0761. The molecule has 0 bridgehead atoms. The fourth-order valence-corrected chi connectivity index (χ4v) is 2.98. The van der Waals surface area contributed by atoms with Gasteiger partial charge in [-0.3, -0.25) is 0 Å². The Morgan fingerprint density at radius 2 is 1.39 bits per heavy atom. The number of anilines is 1. The van der Waals surface area contributed by atoms with Crippen LogP contribution in [0.15, 0.2) is 22.7 Å². The Morgan fingerprint density at radius 3 is 1.83 bits per heavy atom. The van der Waals surface area contributed by atoms with Gasteiger partial charge in [0.15, 0.2) is 10.3 Å². The number of thioether (sulfide) groups is 2. The topological polar surface area (TPSA) is 116 Å². The van der Waals surface area contributed by atoms with E-state index < -0.39 is 36.4 Å². The second-order valence-corrected chi connectivity index (χ2v) is 8.08. The van der Waals surface area contributed by atoms with Crippen LogP contribution in [-0.4, -0.2) is 76.2 Å². The van der Waals surface area contributed by atoms with Gasteiger partial charge in [-0.1, -0.05) is 35.1 Å². The van der Waals surface area contributed by atoms with Gasteiger partial charge in [0, 0.05) is 12.4 Å². The smallest absolute Gasteiger partial charge is 0.455 e. The van der Waals surface area contributed by atoms with Crippen molar-refractivity contribution in [2.24, 2.45) is 0 Å². The maximum atomic E-state index is 12.9. The molecule has 17 heteroatoms. The molecule has 2 aromatic heterocycles. The summed E-state index contributed by atoms with van der Waals surface area (Å²) in [7, 11) is 0. The van der Waals surface area contributed by atoms with Gasteiger partial charge in [-0.25, -0.2) is 29.5 Å². The Morgan fingerprint density at radius 1 is 0.917 bits per heavy atom. The molecule has 0 radical (unpaired) electrons. The third kappa shape index (κ3) is 9.20. The summed E-state index contributed by atoms with van der Waals surface area (Å²) in [5.74, 6) is -6.83. The van der Waals surface area contributed by atoms with Gasteiger partial charge >= 0.3 is 24.0 Å². The minimum atomic E-state index is -5.71. The lowest BCUT2D eigenvalue weighted by molar-refractivity contribution is -0.275. The predicted molar refractivity (Wildman–Crippen MR) is 124 cm³/mol. The number of halogens is 6. The number of nitrogens with one attached hydrogen (secondary N) is 1. The van der Waals surface area contributed by atoms with Gasteiger partial charge in [0.1, 0.15) is 22.1 Å². The van der Waals surface area contributed by atoms with E-state index in [1.807, 2.05) is 11.6 Å². The number of hydrogen-bond donors (Lipinski definition) is 1. The van der Waals surface area contributed by atoms with Crippen molar-refractivity contribution in [1.82, 2.24) is 19.9 Å². The monoisotopic (exact) mass is 577 g/mol. The minimum absolute atomic E-state index is 0.00125. The lowest BCUT2D eigenvalue weighted by Gasteiger charge is -2.20. The summed E-state index contributed by atoms with van der Waals surface area (Å²) in [5, 5.41) is 2.60. The Labute approximate surface area is 216 Å². The molecule has 0 unspecified atom stereocenters. The first-order chi connectivity index (χ1) is 16.8. The predicted octanol–water partition coefficient (Wildman–Crippen LogP) is 5.01. The molecule has 0 saturated heterocycles. The standard InChI is InChI=1S/C11H12F5N3O2S.C8H9ClN2O2S/c1-3-21-8(20)6-4-17-9(22-2)19-7(6)18-5-10(12,13)11(14,15)16;1-3-13-7(12)5-4-10-8(14-2)11-6(5)9/h4H,3,5H2,1-2H3,(H,17,18,19);4H,3H2,1-2H3. The van der Waals surface area contributed by atoms with Crippen LogP contribution in [0.1, 0.15) is 34.6 Å². The van der Waals surface area contributed by atoms with E-state index >= 15 is 0 Å². The molecule has 36 heavy (non-hydrogen) atoms. The van der Waals surface area contributed by atoms with Crippen molar-refractivity contribution >= 4 is 52.9 Å². The van der Waals surface area contributed by atoms with Gasteiger partial charge in [-0.05, 0) is 26.4 Å². The second kappa shape index (κ2) is 14.3.